The Hall–Kier alpha value is -6.91. The lowest BCUT2D eigenvalue weighted by molar-refractivity contribution is -0.147. The molecule has 4 aromatic carbocycles. The number of methoxy groups -OCH3 is 1. The summed E-state index contributed by atoms with van der Waals surface area (Å²) in [5.41, 5.74) is 3.67. The topological polar surface area (TPSA) is 238 Å². The second kappa shape index (κ2) is 37.8. The molecule has 5 aromatic rings. The number of aryl methyl sites for hydroxylation is 1. The summed E-state index contributed by atoms with van der Waals surface area (Å²) in [6.45, 7) is 8.28. The molecule has 0 unspecified atom stereocenters. The van der Waals surface area contributed by atoms with E-state index in [1.54, 1.807) is 24.9 Å². The highest BCUT2D eigenvalue weighted by molar-refractivity contribution is 5.95. The number of nitrogens with one attached hydrogen (secondary N) is 4. The van der Waals surface area contributed by atoms with Crippen LogP contribution in [0.2, 0.25) is 0 Å². The van der Waals surface area contributed by atoms with Crippen molar-refractivity contribution >= 4 is 29.6 Å². The van der Waals surface area contributed by atoms with Gasteiger partial charge in [-0.15, -0.1) is 5.10 Å². The van der Waals surface area contributed by atoms with Crippen LogP contribution in [0.1, 0.15) is 41.3 Å². The van der Waals surface area contributed by atoms with Crippen molar-refractivity contribution in [2.24, 2.45) is 0 Å². The van der Waals surface area contributed by atoms with Crippen LogP contribution in [0.15, 0.2) is 128 Å². The average molecular weight is 1080 g/mol. The lowest BCUT2D eigenvalue weighted by Crippen LogP contribution is -2.59. The first kappa shape index (κ1) is 61.9. The highest BCUT2D eigenvalue weighted by atomic mass is 16.6. The van der Waals surface area contributed by atoms with Gasteiger partial charge in [-0.25, -0.2) is 9.48 Å². The largest absolute Gasteiger partial charge is 0.464 e. The molecule has 20 heteroatoms. The second-order valence-corrected chi connectivity index (χ2v) is 18.0. The summed E-state index contributed by atoms with van der Waals surface area (Å²) in [7, 11) is 1.63. The Balaban J connectivity index is 1.11. The fraction of sp³-hybridized carbons (Fsp3) is 0.466. The van der Waals surface area contributed by atoms with E-state index >= 15 is 0 Å². The Morgan fingerprint density at radius 3 is 1.19 bits per heavy atom. The van der Waals surface area contributed by atoms with Gasteiger partial charge in [-0.1, -0.05) is 127 Å². The smallest absolute Gasteiger partial charge is 0.328 e. The fourth-order valence-corrected chi connectivity index (χ4v) is 7.85. The lowest BCUT2D eigenvalue weighted by atomic mass is 10.0. The molecule has 4 amide bonds. The summed E-state index contributed by atoms with van der Waals surface area (Å²) in [6, 6.07) is 32.3. The molecule has 0 aliphatic rings. The van der Waals surface area contributed by atoms with E-state index in [4.69, 9.17) is 37.9 Å². The number of nitrogens with zero attached hydrogens (tertiary/aromatic N) is 3. The van der Waals surface area contributed by atoms with E-state index in [0.29, 0.717) is 98.1 Å². The van der Waals surface area contributed by atoms with Gasteiger partial charge in [0.25, 0.3) is 0 Å². The molecule has 0 saturated carbocycles. The number of hydrogen-bond donors (Lipinski definition) is 4. The average Bonchev–Trinajstić information content (AvgIpc) is 3.93. The van der Waals surface area contributed by atoms with Crippen LogP contribution in [0.3, 0.4) is 0 Å². The Morgan fingerprint density at radius 2 is 0.808 bits per heavy atom. The van der Waals surface area contributed by atoms with Gasteiger partial charge >= 0.3 is 5.97 Å². The first-order chi connectivity index (χ1) is 38.2. The van der Waals surface area contributed by atoms with Crippen LogP contribution in [0.5, 0.6) is 0 Å². The summed E-state index contributed by atoms with van der Waals surface area (Å²) < 4.78 is 45.0. The number of benzene rings is 4. The van der Waals surface area contributed by atoms with Crippen LogP contribution in [-0.2, 0) is 101 Å². The van der Waals surface area contributed by atoms with Gasteiger partial charge in [0, 0.05) is 51.8 Å². The van der Waals surface area contributed by atoms with Crippen molar-refractivity contribution in [2.75, 3.05) is 99.6 Å². The Kier molecular flexibility index (Phi) is 30.0. The van der Waals surface area contributed by atoms with Gasteiger partial charge in [0.2, 0.25) is 23.6 Å². The standard InChI is InChI=1S/C58H77N7O13/c1-3-78-58(70)53(43-48-22-14-7-15-23-48)62-57(69)52(42-47-20-12-6-13-21-47)61-56(68)51(41-46-18-10-5-11-19-46)60-55(67)50(40-45-16-8-4-9-17-45)59-54(66)25-24-49-44-65(64-63-49)26-27-72-30-31-74-34-35-76-38-39-77-37-36-75-33-32-73-29-28-71-2/h4-23,44,50-53H,3,24-43H2,1-2H3,(H,59,66)(H,60,67)(H,61,68)(H,62,69)/t50-,51-,52-,53-/m0/s1. The molecule has 78 heavy (non-hydrogen) atoms. The molecule has 0 bridgehead atoms. The molecule has 5 rings (SSSR count). The number of carbonyl (C=O) groups is 5. The van der Waals surface area contributed by atoms with E-state index in [1.807, 2.05) is 121 Å². The quantitative estimate of drug-likeness (QED) is 0.0324. The van der Waals surface area contributed by atoms with Crippen molar-refractivity contribution in [3.8, 4) is 0 Å². The zero-order chi connectivity index (χ0) is 55.3. The van der Waals surface area contributed by atoms with Gasteiger partial charge in [0.1, 0.15) is 24.2 Å². The maximum atomic E-state index is 14.6. The molecular weight excluding hydrogens is 1000 g/mol. The predicted molar refractivity (Wildman–Crippen MR) is 290 cm³/mol. The van der Waals surface area contributed by atoms with Gasteiger partial charge in [-0.3, -0.25) is 19.2 Å². The normalized spacial score (nSPS) is 12.7. The molecule has 4 N–H and O–H groups in total. The van der Waals surface area contributed by atoms with Crippen molar-refractivity contribution in [1.29, 1.82) is 0 Å². The zero-order valence-corrected chi connectivity index (χ0v) is 44.9. The van der Waals surface area contributed by atoms with E-state index in [2.05, 4.69) is 31.6 Å². The minimum atomic E-state index is -1.19. The summed E-state index contributed by atoms with van der Waals surface area (Å²) >= 11 is 0. The minimum Gasteiger partial charge on any atom is -0.464 e. The second-order valence-electron chi connectivity index (χ2n) is 18.0. The highest BCUT2D eigenvalue weighted by Crippen LogP contribution is 2.12. The van der Waals surface area contributed by atoms with Crippen molar-refractivity contribution in [2.45, 2.75) is 76.2 Å². The van der Waals surface area contributed by atoms with E-state index in [-0.39, 0.29) is 45.1 Å². The molecule has 0 aliphatic carbocycles. The van der Waals surface area contributed by atoms with Crippen LogP contribution in [-0.4, -0.2) is 168 Å². The lowest BCUT2D eigenvalue weighted by Gasteiger charge is -2.27. The number of carbonyl (C=O) groups excluding carboxylic acids is 5. The van der Waals surface area contributed by atoms with Gasteiger partial charge < -0.3 is 59.2 Å². The molecule has 422 valence electrons. The molecule has 1 heterocycles. The number of amides is 4. The third-order valence-electron chi connectivity index (χ3n) is 11.9. The summed E-state index contributed by atoms with van der Waals surface area (Å²) in [5, 5.41) is 19.9. The van der Waals surface area contributed by atoms with Gasteiger partial charge in [0.05, 0.1) is 105 Å². The Morgan fingerprint density at radius 1 is 0.462 bits per heavy atom. The van der Waals surface area contributed by atoms with E-state index < -0.39 is 53.8 Å². The summed E-state index contributed by atoms with van der Waals surface area (Å²) in [5.74, 6) is -2.87. The van der Waals surface area contributed by atoms with Crippen molar-refractivity contribution in [3.63, 3.8) is 0 Å². The molecule has 20 nitrogen and oxygen atoms in total. The number of esters is 1. The number of aromatic nitrogens is 3. The van der Waals surface area contributed by atoms with Gasteiger partial charge in [-0.2, -0.15) is 0 Å². The monoisotopic (exact) mass is 1080 g/mol. The molecular formula is C58H77N7O13. The van der Waals surface area contributed by atoms with Crippen LogP contribution < -0.4 is 21.3 Å². The summed E-state index contributed by atoms with van der Waals surface area (Å²) in [6.07, 6.45) is 2.44. The molecule has 0 spiro atoms. The van der Waals surface area contributed by atoms with Gasteiger partial charge in [0.15, 0.2) is 0 Å². The van der Waals surface area contributed by atoms with E-state index in [1.165, 1.54) is 0 Å². The Bertz CT molecular complexity index is 2440. The van der Waals surface area contributed by atoms with E-state index in [0.717, 1.165) is 22.3 Å². The zero-order valence-electron chi connectivity index (χ0n) is 44.9. The van der Waals surface area contributed by atoms with Crippen molar-refractivity contribution in [3.05, 3.63) is 155 Å². The minimum absolute atomic E-state index is 0.00455. The third-order valence-corrected chi connectivity index (χ3v) is 11.9. The molecule has 0 radical (unpaired) electrons. The molecule has 0 fully saturated rings. The highest BCUT2D eigenvalue weighted by Gasteiger charge is 2.32. The van der Waals surface area contributed by atoms with E-state index in [9.17, 15) is 24.0 Å². The third kappa shape index (κ3) is 25.5. The number of rotatable bonds is 41. The van der Waals surface area contributed by atoms with Crippen molar-refractivity contribution in [1.82, 2.24) is 36.3 Å². The molecule has 0 aliphatic heterocycles. The maximum Gasteiger partial charge on any atom is 0.328 e. The number of hydrogen-bond acceptors (Lipinski definition) is 15. The first-order valence-electron chi connectivity index (χ1n) is 26.6. The van der Waals surface area contributed by atoms with Crippen LogP contribution >= 0.6 is 0 Å². The number of ether oxygens (including phenoxy) is 8. The molecule has 1 aromatic heterocycles. The van der Waals surface area contributed by atoms with Crippen LogP contribution in [0.25, 0.3) is 0 Å². The molecule has 4 atom stereocenters. The van der Waals surface area contributed by atoms with Crippen molar-refractivity contribution < 1.29 is 61.9 Å². The van der Waals surface area contributed by atoms with Crippen LogP contribution in [0, 0.1) is 0 Å². The van der Waals surface area contributed by atoms with Crippen LogP contribution in [0.4, 0.5) is 0 Å². The first-order valence-corrected chi connectivity index (χ1v) is 26.6. The molecule has 0 saturated heterocycles. The maximum absolute atomic E-state index is 14.6. The van der Waals surface area contributed by atoms with Gasteiger partial charge in [-0.05, 0) is 29.2 Å². The summed E-state index contributed by atoms with van der Waals surface area (Å²) in [4.78, 5) is 70.1. The predicted octanol–water partition coefficient (Wildman–Crippen LogP) is 3.43. The Labute approximate surface area is 457 Å². The fourth-order valence-electron chi connectivity index (χ4n) is 7.85. The SMILES string of the molecule is CCOC(=O)[C@H](Cc1ccccc1)NC(=O)[C@H](Cc1ccccc1)NC(=O)[C@H](Cc1ccccc1)NC(=O)[C@H](Cc1ccccc1)NC(=O)CCc1cn(CCOCCOCCOCCOCCOCCOCCOC)nn1.